The molecule has 2 aromatic rings. The van der Waals surface area contributed by atoms with Crippen molar-refractivity contribution >= 4 is 17.7 Å². The molecular formula is C73H90N2O11. The first-order valence-electron chi connectivity index (χ1n) is 34.4. The van der Waals surface area contributed by atoms with Gasteiger partial charge in [-0.3, -0.25) is 14.9 Å². The number of aliphatic hydroxyl groups is 3. The first-order chi connectivity index (χ1) is 41.6. The molecule has 0 amide bonds. The summed E-state index contributed by atoms with van der Waals surface area (Å²) in [6.07, 6.45) is 22.4. The van der Waals surface area contributed by atoms with Crippen molar-refractivity contribution in [2.45, 2.75) is 196 Å². The van der Waals surface area contributed by atoms with Crippen LogP contribution in [0.15, 0.2) is 71.0 Å². The van der Waals surface area contributed by atoms with Gasteiger partial charge in [-0.25, -0.2) is 4.79 Å². The molecule has 9 bridgehead atoms. The van der Waals surface area contributed by atoms with Crippen LogP contribution in [0.2, 0.25) is 0 Å². The summed E-state index contributed by atoms with van der Waals surface area (Å²) in [6.45, 7) is 8.36. The molecule has 13 heteroatoms. The van der Waals surface area contributed by atoms with E-state index in [0.29, 0.717) is 66.7 Å². The van der Waals surface area contributed by atoms with Crippen molar-refractivity contribution in [3.8, 4) is 11.8 Å². The van der Waals surface area contributed by atoms with Crippen molar-refractivity contribution in [3.63, 3.8) is 0 Å². The van der Waals surface area contributed by atoms with Crippen LogP contribution in [0.3, 0.4) is 0 Å². The highest BCUT2D eigenvalue weighted by molar-refractivity contribution is 5.94. The van der Waals surface area contributed by atoms with Crippen molar-refractivity contribution in [2.24, 2.45) is 110 Å². The maximum atomic E-state index is 17.5. The van der Waals surface area contributed by atoms with Crippen molar-refractivity contribution < 1.29 is 53.1 Å². The number of nitrogens with zero attached hydrogens (tertiary/aromatic N) is 1. The predicted octanol–water partition coefficient (Wildman–Crippen LogP) is 9.40. The lowest BCUT2D eigenvalue weighted by Gasteiger charge is -2.74. The fraction of sp³-hybridized carbons (Fsp3) is 0.740. The van der Waals surface area contributed by atoms with E-state index in [1.54, 1.807) is 6.26 Å². The van der Waals surface area contributed by atoms with Gasteiger partial charge in [-0.15, -0.1) is 0 Å². The number of epoxide rings is 1. The van der Waals surface area contributed by atoms with Gasteiger partial charge in [-0.1, -0.05) is 100 Å². The number of allylic oxidation sites excluding steroid dienone is 1. The first-order valence-corrected chi connectivity index (χ1v) is 34.4. The van der Waals surface area contributed by atoms with Gasteiger partial charge >= 0.3 is 11.9 Å². The number of ketones is 1. The van der Waals surface area contributed by atoms with Crippen LogP contribution in [-0.2, 0) is 51.8 Å². The summed E-state index contributed by atoms with van der Waals surface area (Å²) in [6, 6.07) is 13.2. The number of hydrogen-bond acceptors (Lipinski definition) is 13. The van der Waals surface area contributed by atoms with E-state index in [1.165, 1.54) is 36.8 Å². The van der Waals surface area contributed by atoms with Crippen LogP contribution in [0.4, 0.5) is 0 Å². The highest BCUT2D eigenvalue weighted by Gasteiger charge is 3.00. The number of hydrogen-bond donors (Lipinski definition) is 4. The highest BCUT2D eigenvalue weighted by atomic mass is 16.7. The SMILES string of the molecule is C[C@@H](C[C@H]1C=C2C[C@@H]3CCC[C@]34C[C@@H]3C[C@]5(C)[C@]67O[C@@H]6C(=O)O[C@]5(c5ccoc5C[C@@H]([C@@H]5CC[C@H]6[C@H](C=CN8CNC[C@H]68)C5)[C@H](O)CO)CC#C[C@H]5CC[C@@H](Cc6ccccc6)C[C@@H]5[C@]75[C@H](O)C(=O)[C@@H]6[C@@]1(C)O[C@]21[C@H]4C(=O)OC[C@@]61[C@@H]35)C1CCCC1. The van der Waals surface area contributed by atoms with Crippen LogP contribution < -0.4 is 5.32 Å². The van der Waals surface area contributed by atoms with Gasteiger partial charge in [-0.05, 0) is 184 Å². The fourth-order valence-electron chi connectivity index (χ4n) is 26.8. The molecule has 13 nitrogen and oxygen atoms in total. The molecule has 5 saturated heterocycles. The van der Waals surface area contributed by atoms with Gasteiger partial charge in [0.25, 0.3) is 0 Å². The second-order valence-corrected chi connectivity index (χ2v) is 32.2. The molecule has 458 valence electrons. The summed E-state index contributed by atoms with van der Waals surface area (Å²) in [5, 5.41) is 41.6. The Balaban J connectivity index is 0.847. The minimum Gasteiger partial charge on any atom is -0.469 e. The molecule has 1 aromatic carbocycles. The van der Waals surface area contributed by atoms with Crippen LogP contribution >= 0.6 is 0 Å². The molecule has 9 aliphatic carbocycles. The third-order valence-corrected chi connectivity index (χ3v) is 29.6. The van der Waals surface area contributed by atoms with E-state index in [1.807, 2.05) is 6.07 Å². The standard InChI is InChI=1S/C73H90N2O11/c1-40(43-13-7-8-14-43)27-49-32-50-31-48-16-10-23-68(48)35-47-34-66(2)70(53-22-26-82-57(53)33-52(56(77)37-76)45-19-20-51-46(30-45)21-25-75-39-74-36-55(51)75)24-9-15-44-18-17-42(28-41-11-5-4-6-12-41)29-54(44)71(73(66)63(84-73)65(81)85-70)59(47)69-38-83-64(80)61(68)72(50,69)86-67(49,3)60(69)58(78)62(71)79/h4-6,11-12,21-22,25-26,32,40,42-49,51-52,54-56,59-63,74,76-77,79H,7-8,10,13-14,16-20,23-24,27-31,33-39H2,1-3H3/t40-,42-,44-,45+,46+,47-,48-,49-,51-,52-,54-,55+,56+,59+,60+,61-,62+,63+,66-,67-,68-,69+,70-,71-,72-,73+/m0/s1. The highest BCUT2D eigenvalue weighted by Crippen LogP contribution is 2.91. The molecule has 0 radical (unpaired) electrons. The smallest absolute Gasteiger partial charge is 0.339 e. The Morgan fingerprint density at radius 1 is 0.930 bits per heavy atom. The summed E-state index contributed by atoms with van der Waals surface area (Å²) in [5.74, 6) is 6.56. The zero-order chi connectivity index (χ0) is 58.3. The van der Waals surface area contributed by atoms with Gasteiger partial charge in [0, 0.05) is 47.2 Å². The number of cyclic esters (lactones) is 1. The zero-order valence-electron chi connectivity index (χ0n) is 50.8. The third-order valence-electron chi connectivity index (χ3n) is 29.6. The molecule has 5 spiro atoms. The topological polar surface area (TPSA) is 181 Å². The van der Waals surface area contributed by atoms with Gasteiger partial charge in [0.2, 0.25) is 0 Å². The van der Waals surface area contributed by atoms with Crippen molar-refractivity contribution in [1.82, 2.24) is 10.2 Å². The quantitative estimate of drug-likeness (QED) is 0.0724. The van der Waals surface area contributed by atoms with Crippen LogP contribution in [0.25, 0.3) is 0 Å². The Labute approximate surface area is 506 Å². The lowest BCUT2D eigenvalue weighted by atomic mass is 9.28. The lowest BCUT2D eigenvalue weighted by Crippen LogP contribution is -2.83. The summed E-state index contributed by atoms with van der Waals surface area (Å²) in [5.41, 5.74) is -6.10. The summed E-state index contributed by atoms with van der Waals surface area (Å²) < 4.78 is 37.3. The van der Waals surface area contributed by atoms with Crippen molar-refractivity contribution in [1.29, 1.82) is 0 Å². The maximum Gasteiger partial charge on any atom is 0.339 e. The number of rotatable bonds is 11. The van der Waals surface area contributed by atoms with E-state index in [-0.39, 0.29) is 66.2 Å². The number of carbonyl (C=O) groups excluding carboxylic acids is 3. The van der Waals surface area contributed by atoms with Gasteiger partial charge in [0.1, 0.15) is 29.7 Å². The molecule has 16 aliphatic rings. The molecule has 86 heavy (non-hydrogen) atoms. The Kier molecular flexibility index (Phi) is 11.7. The van der Waals surface area contributed by atoms with Crippen LogP contribution in [0, 0.1) is 122 Å². The van der Waals surface area contributed by atoms with E-state index in [2.05, 4.69) is 91.5 Å². The molecule has 26 atom stereocenters. The van der Waals surface area contributed by atoms with Gasteiger partial charge < -0.3 is 43.6 Å². The molecule has 1 aromatic heterocycles. The van der Waals surface area contributed by atoms with Crippen LogP contribution in [0.5, 0.6) is 0 Å². The monoisotopic (exact) mass is 1170 g/mol. The summed E-state index contributed by atoms with van der Waals surface area (Å²) in [7, 11) is 0. The van der Waals surface area contributed by atoms with E-state index in [0.717, 1.165) is 83.8 Å². The lowest BCUT2D eigenvalue weighted by molar-refractivity contribution is -0.315. The minimum atomic E-state index is -1.57. The molecule has 8 heterocycles. The summed E-state index contributed by atoms with van der Waals surface area (Å²) in [4.78, 5) is 51.8. The number of aliphatic hydroxyl groups excluding tert-OH is 3. The number of Topliss-reactive ketones (excluding diaryl/α,β-unsaturated/α-hetero) is 1. The van der Waals surface area contributed by atoms with Crippen LogP contribution in [0.1, 0.15) is 153 Å². The van der Waals surface area contributed by atoms with E-state index in [4.69, 9.17) is 23.4 Å². The number of ether oxygens (including phenoxy) is 4. The molecular weight excluding hydrogens is 1080 g/mol. The van der Waals surface area contributed by atoms with Gasteiger partial charge in [-0.2, -0.15) is 0 Å². The zero-order valence-corrected chi connectivity index (χ0v) is 50.8. The maximum absolute atomic E-state index is 17.5. The molecule has 4 N–H and O–H groups in total. The van der Waals surface area contributed by atoms with Gasteiger partial charge in [0.05, 0.1) is 54.9 Å². The normalized spacial score (nSPS) is 51.0. The minimum absolute atomic E-state index is 0.0192. The second-order valence-electron chi connectivity index (χ2n) is 32.2. The number of fused-ring (bicyclic) bond motifs is 6. The van der Waals surface area contributed by atoms with E-state index < -0.39 is 98.6 Å². The number of carbonyl (C=O) groups is 3. The average molecular weight is 1170 g/mol. The third kappa shape index (κ3) is 6.40. The molecule has 0 unspecified atom stereocenters. The average Bonchev–Trinajstić information content (AvgIpc) is 1.40. The van der Waals surface area contributed by atoms with Gasteiger partial charge in [0.15, 0.2) is 17.5 Å². The van der Waals surface area contributed by atoms with Crippen LogP contribution in [-0.4, -0.2) is 106 Å². The second kappa shape index (κ2) is 18.5. The summed E-state index contributed by atoms with van der Waals surface area (Å²) >= 11 is 0. The first kappa shape index (κ1) is 54.6. The number of esters is 2. The Bertz CT molecular complexity index is 3310. The number of furan rings is 1. The molecule has 18 rings (SSSR count). The van der Waals surface area contributed by atoms with E-state index in [9.17, 15) is 15.3 Å². The van der Waals surface area contributed by atoms with Crippen molar-refractivity contribution in [3.05, 3.63) is 83.5 Å². The fourth-order valence-corrected chi connectivity index (χ4v) is 26.8. The Morgan fingerprint density at radius 2 is 1.78 bits per heavy atom. The molecule has 8 saturated carbocycles. The molecule has 13 fully saturated rings. The number of nitrogens with one attached hydrogen (secondary N) is 1. The Morgan fingerprint density at radius 3 is 2.62 bits per heavy atom. The largest absolute Gasteiger partial charge is 0.469 e. The van der Waals surface area contributed by atoms with Crippen molar-refractivity contribution in [2.75, 3.05) is 26.4 Å². The Hall–Kier alpha value is -4.29. The predicted molar refractivity (Wildman–Crippen MR) is 315 cm³/mol. The molecule has 7 aliphatic heterocycles. The van der Waals surface area contributed by atoms with E-state index >= 15 is 14.4 Å². The number of benzene rings is 1.